The Morgan fingerprint density at radius 3 is 1.58 bits per heavy atom. The molecule has 0 aliphatic carbocycles. The number of unbranched alkanes of at least 4 members (excludes halogenated alkanes) is 8. The van der Waals surface area contributed by atoms with E-state index in [1.54, 1.807) is 0 Å². The fraction of sp³-hybridized carbons (Fsp3) is 0.367. The summed E-state index contributed by atoms with van der Waals surface area (Å²) >= 11 is 0. The number of rotatable bonds is 14. The number of hydrogen-bond donors (Lipinski definition) is 0. The second kappa shape index (κ2) is 14.6. The standard InChI is InChI=1S/C30H37O2S/c1-2-3-4-5-6-7-8-9-16-25-32-30(31)26-21-23-29(24-22-26)33(27-17-12-10-13-18-27)28-19-14-11-15-20-28/h10-15,17-24H,2-9,16,25H2,1H3/q+1. The van der Waals surface area contributed by atoms with Crippen molar-refractivity contribution >= 4 is 16.9 Å². The minimum atomic E-state index is -0.222. The Morgan fingerprint density at radius 2 is 1.06 bits per heavy atom. The highest BCUT2D eigenvalue weighted by atomic mass is 32.2. The summed E-state index contributed by atoms with van der Waals surface area (Å²) in [5.41, 5.74) is 0.624. The molecule has 0 aliphatic rings. The number of carbonyl (C=O) groups is 1. The molecular weight excluding hydrogens is 424 g/mol. The van der Waals surface area contributed by atoms with E-state index in [1.807, 2.05) is 24.3 Å². The summed E-state index contributed by atoms with van der Waals surface area (Å²) in [5, 5.41) is 0. The molecule has 0 unspecified atom stereocenters. The van der Waals surface area contributed by atoms with Crippen LogP contribution in [0, 0.1) is 0 Å². The van der Waals surface area contributed by atoms with Gasteiger partial charge in [-0.05, 0) is 55.0 Å². The van der Waals surface area contributed by atoms with Gasteiger partial charge < -0.3 is 4.74 Å². The topological polar surface area (TPSA) is 26.3 Å². The molecule has 3 aromatic carbocycles. The van der Waals surface area contributed by atoms with E-state index >= 15 is 0 Å². The van der Waals surface area contributed by atoms with Crippen molar-refractivity contribution in [1.82, 2.24) is 0 Å². The van der Waals surface area contributed by atoms with Gasteiger partial charge in [-0.3, -0.25) is 0 Å². The molecule has 0 heterocycles. The summed E-state index contributed by atoms with van der Waals surface area (Å²) < 4.78 is 5.52. The maximum Gasteiger partial charge on any atom is 0.338 e. The van der Waals surface area contributed by atoms with Crippen molar-refractivity contribution in [2.45, 2.75) is 79.4 Å². The number of carbonyl (C=O) groups excluding carboxylic acids is 1. The molecule has 0 N–H and O–H groups in total. The molecule has 33 heavy (non-hydrogen) atoms. The lowest BCUT2D eigenvalue weighted by Crippen LogP contribution is -2.08. The summed E-state index contributed by atoms with van der Waals surface area (Å²) in [4.78, 5) is 16.2. The summed E-state index contributed by atoms with van der Waals surface area (Å²) in [6.07, 6.45) is 11.3. The molecule has 0 atom stereocenters. The fourth-order valence-electron chi connectivity index (χ4n) is 3.91. The van der Waals surface area contributed by atoms with Gasteiger partial charge in [-0.2, -0.15) is 0 Å². The van der Waals surface area contributed by atoms with Gasteiger partial charge in [-0.15, -0.1) is 0 Å². The van der Waals surface area contributed by atoms with Gasteiger partial charge in [0.1, 0.15) is 0 Å². The van der Waals surface area contributed by atoms with Crippen molar-refractivity contribution in [3.05, 3.63) is 90.5 Å². The maximum absolute atomic E-state index is 12.5. The van der Waals surface area contributed by atoms with E-state index in [1.165, 1.54) is 59.6 Å². The first kappa shape index (κ1) is 25.1. The third-order valence-corrected chi connectivity index (χ3v) is 8.00. The summed E-state index contributed by atoms with van der Waals surface area (Å²) in [5.74, 6) is -0.222. The smallest absolute Gasteiger partial charge is 0.338 e. The van der Waals surface area contributed by atoms with Gasteiger partial charge in [0.2, 0.25) is 0 Å². The highest BCUT2D eigenvalue weighted by Crippen LogP contribution is 2.31. The molecule has 0 radical (unpaired) electrons. The van der Waals surface area contributed by atoms with E-state index in [0.29, 0.717) is 12.2 Å². The van der Waals surface area contributed by atoms with Crippen molar-refractivity contribution < 1.29 is 9.53 Å². The number of benzene rings is 3. The number of esters is 1. The Labute approximate surface area is 202 Å². The predicted molar refractivity (Wildman–Crippen MR) is 139 cm³/mol. The lowest BCUT2D eigenvalue weighted by atomic mass is 10.1. The molecule has 174 valence electrons. The van der Waals surface area contributed by atoms with Crippen molar-refractivity contribution in [2.24, 2.45) is 0 Å². The average Bonchev–Trinajstić information content (AvgIpc) is 2.87. The van der Waals surface area contributed by atoms with E-state index in [4.69, 9.17) is 4.74 Å². The van der Waals surface area contributed by atoms with Gasteiger partial charge in [0, 0.05) is 0 Å². The highest BCUT2D eigenvalue weighted by Gasteiger charge is 2.28. The van der Waals surface area contributed by atoms with Crippen LogP contribution >= 0.6 is 0 Å². The van der Waals surface area contributed by atoms with E-state index in [0.717, 1.165) is 12.8 Å². The van der Waals surface area contributed by atoms with Gasteiger partial charge in [0.15, 0.2) is 14.7 Å². The molecule has 0 aliphatic heterocycles. The predicted octanol–water partition coefficient (Wildman–Crippen LogP) is 8.47. The second-order valence-electron chi connectivity index (χ2n) is 8.42. The zero-order valence-electron chi connectivity index (χ0n) is 19.9. The van der Waals surface area contributed by atoms with Crippen LogP contribution in [0.4, 0.5) is 0 Å². The monoisotopic (exact) mass is 461 g/mol. The lowest BCUT2D eigenvalue weighted by molar-refractivity contribution is 0.0497. The van der Waals surface area contributed by atoms with E-state index < -0.39 is 0 Å². The fourth-order valence-corrected chi connectivity index (χ4v) is 5.99. The van der Waals surface area contributed by atoms with E-state index in [9.17, 15) is 4.79 Å². The van der Waals surface area contributed by atoms with Crippen molar-refractivity contribution in [1.29, 1.82) is 0 Å². The molecular formula is C30H37O2S+. The van der Waals surface area contributed by atoms with Crippen LogP contribution in [0.25, 0.3) is 0 Å². The molecule has 3 heteroatoms. The van der Waals surface area contributed by atoms with Crippen molar-refractivity contribution in [3.8, 4) is 0 Å². The SMILES string of the molecule is CCCCCCCCCCCOC(=O)c1ccc([S+](c2ccccc2)c2ccccc2)cc1. The van der Waals surface area contributed by atoms with Crippen molar-refractivity contribution in [2.75, 3.05) is 6.61 Å². The maximum atomic E-state index is 12.5. The molecule has 0 amide bonds. The first-order chi connectivity index (χ1) is 16.3. The largest absolute Gasteiger partial charge is 0.462 e. The van der Waals surface area contributed by atoms with Crippen LogP contribution in [0.2, 0.25) is 0 Å². The Bertz CT molecular complexity index is 883. The van der Waals surface area contributed by atoms with Crippen LogP contribution in [0.5, 0.6) is 0 Å². The molecule has 3 rings (SSSR count). The van der Waals surface area contributed by atoms with Gasteiger partial charge >= 0.3 is 5.97 Å². The normalized spacial score (nSPS) is 11.0. The van der Waals surface area contributed by atoms with E-state index in [2.05, 4.69) is 67.6 Å². The highest BCUT2D eigenvalue weighted by molar-refractivity contribution is 7.97. The Kier molecular flexibility index (Phi) is 11.1. The van der Waals surface area contributed by atoms with Crippen LogP contribution in [-0.2, 0) is 15.6 Å². The quantitative estimate of drug-likeness (QED) is 0.137. The molecule has 0 fully saturated rings. The Hall–Kier alpha value is -2.52. The van der Waals surface area contributed by atoms with Gasteiger partial charge in [-0.1, -0.05) is 94.7 Å². The second-order valence-corrected chi connectivity index (χ2v) is 10.4. The van der Waals surface area contributed by atoms with Crippen LogP contribution in [0.15, 0.2) is 99.6 Å². The lowest BCUT2D eigenvalue weighted by Gasteiger charge is -2.09. The first-order valence-electron chi connectivity index (χ1n) is 12.4. The Morgan fingerprint density at radius 1 is 0.606 bits per heavy atom. The summed E-state index contributed by atoms with van der Waals surface area (Å²) in [6, 6.07) is 29.0. The van der Waals surface area contributed by atoms with Crippen LogP contribution in [0.3, 0.4) is 0 Å². The van der Waals surface area contributed by atoms with Crippen LogP contribution < -0.4 is 0 Å². The van der Waals surface area contributed by atoms with Crippen molar-refractivity contribution in [3.63, 3.8) is 0 Å². The summed E-state index contributed by atoms with van der Waals surface area (Å²) in [7, 11) is -0.202. The number of ether oxygens (including phenoxy) is 1. The molecule has 0 aromatic heterocycles. The van der Waals surface area contributed by atoms with Crippen LogP contribution in [0.1, 0.15) is 75.1 Å². The molecule has 0 spiro atoms. The minimum absolute atomic E-state index is 0.202. The molecule has 3 aromatic rings. The first-order valence-corrected chi connectivity index (χ1v) is 13.6. The third kappa shape index (κ3) is 8.40. The Balaban J connectivity index is 1.49. The van der Waals surface area contributed by atoms with Gasteiger partial charge in [0.25, 0.3) is 0 Å². The van der Waals surface area contributed by atoms with Gasteiger partial charge in [-0.25, -0.2) is 4.79 Å². The van der Waals surface area contributed by atoms with Gasteiger partial charge in [0.05, 0.1) is 23.1 Å². The molecule has 0 saturated heterocycles. The summed E-state index contributed by atoms with van der Waals surface area (Å²) in [6.45, 7) is 2.76. The zero-order valence-corrected chi connectivity index (χ0v) is 20.7. The third-order valence-electron chi connectivity index (χ3n) is 5.76. The van der Waals surface area contributed by atoms with Crippen LogP contribution in [-0.4, -0.2) is 12.6 Å². The zero-order chi connectivity index (χ0) is 23.1. The molecule has 2 nitrogen and oxygen atoms in total. The minimum Gasteiger partial charge on any atom is -0.462 e. The average molecular weight is 462 g/mol. The number of hydrogen-bond acceptors (Lipinski definition) is 2. The molecule has 0 saturated carbocycles. The molecule has 0 bridgehead atoms. The van der Waals surface area contributed by atoms with E-state index in [-0.39, 0.29) is 16.9 Å².